The number of sulfonamides is 1. The minimum atomic E-state index is -3.68. The summed E-state index contributed by atoms with van der Waals surface area (Å²) in [5.74, 6) is 0.199. The van der Waals surface area contributed by atoms with Crippen molar-refractivity contribution in [3.63, 3.8) is 0 Å². The highest BCUT2D eigenvalue weighted by molar-refractivity contribution is 7.89. The summed E-state index contributed by atoms with van der Waals surface area (Å²) in [7, 11) is -3.68. The van der Waals surface area contributed by atoms with Crippen LogP contribution in [0.5, 0.6) is 5.75 Å². The van der Waals surface area contributed by atoms with Crippen LogP contribution < -0.4 is 10.1 Å². The van der Waals surface area contributed by atoms with Crippen LogP contribution in [0, 0.1) is 6.92 Å². The maximum Gasteiger partial charge on any atom is 0.262 e. The van der Waals surface area contributed by atoms with Crippen molar-refractivity contribution >= 4 is 33.2 Å². The Hall–Kier alpha value is -2.61. The molecule has 0 saturated heterocycles. The van der Waals surface area contributed by atoms with E-state index in [9.17, 15) is 13.2 Å². The van der Waals surface area contributed by atoms with Gasteiger partial charge in [-0.2, -0.15) is 4.31 Å². The van der Waals surface area contributed by atoms with Gasteiger partial charge in [0.05, 0.1) is 4.90 Å². The Morgan fingerprint density at radius 1 is 1.14 bits per heavy atom. The maximum atomic E-state index is 12.7. The molecule has 1 amide bonds. The predicted molar refractivity (Wildman–Crippen MR) is 116 cm³/mol. The molecule has 0 fully saturated rings. The Morgan fingerprint density at radius 3 is 2.31 bits per heavy atom. The number of nitrogens with zero attached hydrogens (tertiary/aromatic N) is 1. The summed E-state index contributed by atoms with van der Waals surface area (Å²) in [6.45, 7) is 9.16. The lowest BCUT2D eigenvalue weighted by atomic mass is 10.2. The summed E-state index contributed by atoms with van der Waals surface area (Å²) in [5, 5.41) is 3.26. The summed E-state index contributed by atoms with van der Waals surface area (Å²) < 4.78 is 32.1. The molecule has 2 rings (SSSR count). The van der Waals surface area contributed by atoms with E-state index in [1.807, 2.05) is 6.92 Å². The highest BCUT2D eigenvalue weighted by Gasteiger charge is 2.22. The maximum absolute atomic E-state index is 12.7. The van der Waals surface area contributed by atoms with Crippen LogP contribution in [-0.2, 0) is 14.8 Å². The minimum absolute atomic E-state index is 0.118. The van der Waals surface area contributed by atoms with E-state index < -0.39 is 10.0 Å². The summed E-state index contributed by atoms with van der Waals surface area (Å²) in [6, 6.07) is 11.1. The number of amides is 1. The van der Waals surface area contributed by atoms with E-state index in [4.69, 9.17) is 16.3 Å². The van der Waals surface area contributed by atoms with Gasteiger partial charge in [-0.3, -0.25) is 4.79 Å². The molecule has 29 heavy (non-hydrogen) atoms. The molecule has 0 aliphatic heterocycles. The van der Waals surface area contributed by atoms with Crippen LogP contribution in [-0.4, -0.2) is 38.3 Å². The van der Waals surface area contributed by atoms with Crippen LogP contribution in [0.25, 0.3) is 0 Å². The molecule has 0 saturated carbocycles. The van der Waals surface area contributed by atoms with Gasteiger partial charge in [-0.1, -0.05) is 23.8 Å². The number of aryl methyl sites for hydroxylation is 1. The average Bonchev–Trinajstić information content (AvgIpc) is 2.67. The molecule has 0 unspecified atom stereocenters. The molecule has 0 aromatic heterocycles. The minimum Gasteiger partial charge on any atom is -0.483 e. The fourth-order valence-electron chi connectivity index (χ4n) is 2.53. The molecule has 0 aliphatic carbocycles. The molecule has 154 valence electrons. The van der Waals surface area contributed by atoms with E-state index in [2.05, 4.69) is 18.5 Å². The first-order valence-electron chi connectivity index (χ1n) is 8.78. The van der Waals surface area contributed by atoms with E-state index in [-0.39, 0.29) is 30.5 Å². The fourth-order valence-corrected chi connectivity index (χ4v) is 4.14. The van der Waals surface area contributed by atoms with Crippen LogP contribution in [0.3, 0.4) is 0 Å². The van der Waals surface area contributed by atoms with Gasteiger partial charge in [0.25, 0.3) is 5.91 Å². The fraction of sp³-hybridized carbons (Fsp3) is 0.190. The first-order chi connectivity index (χ1) is 13.8. The first-order valence-corrected chi connectivity index (χ1v) is 10.6. The zero-order chi connectivity index (χ0) is 21.4. The Balaban J connectivity index is 2.01. The van der Waals surface area contributed by atoms with Crippen LogP contribution in [0.1, 0.15) is 5.56 Å². The third-order valence-corrected chi connectivity index (χ3v) is 6.02. The molecule has 0 aliphatic rings. The van der Waals surface area contributed by atoms with Gasteiger partial charge in [0.15, 0.2) is 6.61 Å². The van der Waals surface area contributed by atoms with Crippen LogP contribution >= 0.6 is 11.6 Å². The van der Waals surface area contributed by atoms with Crippen molar-refractivity contribution in [3.8, 4) is 5.75 Å². The number of carbonyl (C=O) groups excluding carboxylic acids is 1. The Bertz CT molecular complexity index is 978. The lowest BCUT2D eigenvalue weighted by Crippen LogP contribution is -2.31. The molecule has 2 aromatic rings. The summed E-state index contributed by atoms with van der Waals surface area (Å²) in [5.41, 5.74) is 1.29. The molecule has 0 radical (unpaired) electrons. The van der Waals surface area contributed by atoms with Gasteiger partial charge in [-0.15, -0.1) is 13.2 Å². The number of nitrogens with one attached hydrogen (secondary N) is 1. The number of hydrogen-bond donors (Lipinski definition) is 1. The second-order valence-electron chi connectivity index (χ2n) is 6.17. The number of carbonyl (C=O) groups is 1. The standard InChI is InChI=1S/C21H23ClN2O4S/c1-4-12-24(13-5-2)29(26,27)19-9-7-18(8-10-19)23-21(25)15-28-20-11-6-17(22)14-16(20)3/h4-11,14H,1-2,12-13,15H2,3H3,(H,23,25). The van der Waals surface area contributed by atoms with Crippen molar-refractivity contribution < 1.29 is 17.9 Å². The second-order valence-corrected chi connectivity index (χ2v) is 8.54. The van der Waals surface area contributed by atoms with Gasteiger partial charge in [-0.05, 0) is 55.0 Å². The van der Waals surface area contributed by atoms with Gasteiger partial charge in [0.1, 0.15) is 5.75 Å². The predicted octanol–water partition coefficient (Wildman–Crippen LogP) is 4.03. The number of anilines is 1. The molecular formula is C21H23ClN2O4S. The van der Waals surface area contributed by atoms with Crippen LogP contribution in [0.4, 0.5) is 5.69 Å². The van der Waals surface area contributed by atoms with Crippen LogP contribution in [0.15, 0.2) is 72.7 Å². The first kappa shape index (κ1) is 22.7. The molecule has 8 heteroatoms. The third-order valence-electron chi connectivity index (χ3n) is 3.94. The molecule has 6 nitrogen and oxygen atoms in total. The molecular weight excluding hydrogens is 412 g/mol. The molecule has 0 atom stereocenters. The highest BCUT2D eigenvalue weighted by atomic mass is 35.5. The van der Waals surface area contributed by atoms with Crippen molar-refractivity contribution in [3.05, 3.63) is 78.4 Å². The molecule has 0 bridgehead atoms. The highest BCUT2D eigenvalue weighted by Crippen LogP contribution is 2.22. The van der Waals surface area contributed by atoms with E-state index >= 15 is 0 Å². The van der Waals surface area contributed by atoms with Gasteiger partial charge in [0.2, 0.25) is 10.0 Å². The Kier molecular flexibility index (Phi) is 8.01. The number of rotatable bonds is 10. The second kappa shape index (κ2) is 10.2. The largest absolute Gasteiger partial charge is 0.483 e. The van der Waals surface area contributed by atoms with Crippen molar-refractivity contribution in [2.24, 2.45) is 0 Å². The number of ether oxygens (including phenoxy) is 1. The normalized spacial score (nSPS) is 11.1. The van der Waals surface area contributed by atoms with Gasteiger partial charge in [-0.25, -0.2) is 8.42 Å². The lowest BCUT2D eigenvalue weighted by Gasteiger charge is -2.19. The van der Waals surface area contributed by atoms with Crippen molar-refractivity contribution in [2.75, 3.05) is 25.0 Å². The Morgan fingerprint density at radius 2 is 1.76 bits per heavy atom. The van der Waals surface area contributed by atoms with Gasteiger partial charge < -0.3 is 10.1 Å². The van der Waals surface area contributed by atoms with Crippen molar-refractivity contribution in [1.29, 1.82) is 0 Å². The Labute approximate surface area is 176 Å². The van der Waals surface area contributed by atoms with E-state index in [0.29, 0.717) is 16.5 Å². The van der Waals surface area contributed by atoms with Crippen LogP contribution in [0.2, 0.25) is 5.02 Å². The zero-order valence-electron chi connectivity index (χ0n) is 16.1. The zero-order valence-corrected chi connectivity index (χ0v) is 17.7. The lowest BCUT2D eigenvalue weighted by molar-refractivity contribution is -0.118. The summed E-state index contributed by atoms with van der Waals surface area (Å²) in [6.07, 6.45) is 3.02. The van der Waals surface area contributed by atoms with E-state index in [0.717, 1.165) is 5.56 Å². The number of halogens is 1. The number of hydrogen-bond acceptors (Lipinski definition) is 4. The quantitative estimate of drug-likeness (QED) is 0.573. The topological polar surface area (TPSA) is 75.7 Å². The van der Waals surface area contributed by atoms with Gasteiger partial charge in [0, 0.05) is 23.8 Å². The average molecular weight is 435 g/mol. The monoisotopic (exact) mass is 434 g/mol. The molecule has 0 heterocycles. The molecule has 1 N–H and O–H groups in total. The van der Waals surface area contributed by atoms with Gasteiger partial charge >= 0.3 is 0 Å². The smallest absolute Gasteiger partial charge is 0.262 e. The SMILES string of the molecule is C=CCN(CC=C)S(=O)(=O)c1ccc(NC(=O)COc2ccc(Cl)cc2C)cc1. The third kappa shape index (κ3) is 6.19. The van der Waals surface area contributed by atoms with Crippen molar-refractivity contribution in [2.45, 2.75) is 11.8 Å². The van der Waals surface area contributed by atoms with E-state index in [1.54, 1.807) is 18.2 Å². The van der Waals surface area contributed by atoms with E-state index in [1.165, 1.54) is 40.7 Å². The molecule has 2 aromatic carbocycles. The summed E-state index contributed by atoms with van der Waals surface area (Å²) in [4.78, 5) is 12.2. The number of benzene rings is 2. The molecule has 0 spiro atoms. The van der Waals surface area contributed by atoms with Crippen molar-refractivity contribution in [1.82, 2.24) is 4.31 Å². The summed E-state index contributed by atoms with van der Waals surface area (Å²) >= 11 is 5.90.